The summed E-state index contributed by atoms with van der Waals surface area (Å²) >= 11 is 0. The predicted molar refractivity (Wildman–Crippen MR) is 125 cm³/mol. The molecular weight excluding hydrogens is 429 g/mol. The fraction of sp³-hybridized carbons (Fsp3) is 0.208. The Hall–Kier alpha value is -3.39. The summed E-state index contributed by atoms with van der Waals surface area (Å²) in [4.78, 5) is 14.7. The molecule has 1 N–H and O–H groups in total. The minimum absolute atomic E-state index is 0.0593. The van der Waals surface area contributed by atoms with Crippen molar-refractivity contribution in [2.75, 3.05) is 35.9 Å². The van der Waals surface area contributed by atoms with Crippen molar-refractivity contribution in [3.05, 3.63) is 90.2 Å². The molecule has 0 atom stereocenters. The maximum Gasteiger partial charge on any atom is 0.264 e. The topological polar surface area (TPSA) is 69.7 Å². The molecule has 0 fully saturated rings. The van der Waals surface area contributed by atoms with Gasteiger partial charge in [0.1, 0.15) is 12.4 Å². The molecular formula is C24H26FN3O3S. The van der Waals surface area contributed by atoms with Crippen LogP contribution in [0, 0.1) is 12.7 Å². The lowest BCUT2D eigenvalue weighted by atomic mass is 10.2. The van der Waals surface area contributed by atoms with Crippen molar-refractivity contribution in [3.63, 3.8) is 0 Å². The highest BCUT2D eigenvalue weighted by molar-refractivity contribution is 7.92. The summed E-state index contributed by atoms with van der Waals surface area (Å²) in [6.07, 6.45) is 0. The van der Waals surface area contributed by atoms with Crippen LogP contribution in [0.3, 0.4) is 0 Å². The summed E-state index contributed by atoms with van der Waals surface area (Å²) in [5.41, 5.74) is 2.14. The van der Waals surface area contributed by atoms with Crippen LogP contribution in [0.25, 0.3) is 0 Å². The Bertz CT molecular complexity index is 1140. The average molecular weight is 456 g/mol. The second-order valence-corrected chi connectivity index (χ2v) is 9.27. The molecule has 0 aliphatic carbocycles. The van der Waals surface area contributed by atoms with E-state index in [1.807, 2.05) is 49.2 Å². The molecule has 3 aromatic carbocycles. The monoisotopic (exact) mass is 455 g/mol. The van der Waals surface area contributed by atoms with E-state index in [4.69, 9.17) is 0 Å². The van der Waals surface area contributed by atoms with Crippen molar-refractivity contribution in [1.82, 2.24) is 5.32 Å². The van der Waals surface area contributed by atoms with E-state index in [0.717, 1.165) is 15.6 Å². The zero-order valence-corrected chi connectivity index (χ0v) is 18.8. The third kappa shape index (κ3) is 5.85. The molecule has 0 aliphatic rings. The number of carbonyl (C=O) groups excluding carboxylic acids is 1. The Balaban J connectivity index is 1.73. The smallest absolute Gasteiger partial charge is 0.264 e. The first-order valence-corrected chi connectivity index (χ1v) is 11.6. The summed E-state index contributed by atoms with van der Waals surface area (Å²) in [6.45, 7) is 2.33. The molecule has 0 bridgehead atoms. The van der Waals surface area contributed by atoms with Crippen LogP contribution in [-0.2, 0) is 14.8 Å². The van der Waals surface area contributed by atoms with E-state index in [1.54, 1.807) is 12.1 Å². The Morgan fingerprint density at radius 2 is 1.53 bits per heavy atom. The van der Waals surface area contributed by atoms with Crippen molar-refractivity contribution in [1.29, 1.82) is 0 Å². The van der Waals surface area contributed by atoms with Gasteiger partial charge in [0.25, 0.3) is 10.0 Å². The largest absolute Gasteiger partial charge is 0.373 e. The van der Waals surface area contributed by atoms with Gasteiger partial charge < -0.3 is 10.2 Å². The van der Waals surface area contributed by atoms with Crippen LogP contribution in [0.15, 0.2) is 83.8 Å². The number of rotatable bonds is 9. The van der Waals surface area contributed by atoms with Crippen LogP contribution in [0.1, 0.15) is 5.56 Å². The van der Waals surface area contributed by atoms with Gasteiger partial charge in [-0.2, -0.15) is 0 Å². The molecule has 0 radical (unpaired) electrons. The lowest BCUT2D eigenvalue weighted by Crippen LogP contribution is -2.42. The molecule has 0 unspecified atom stereocenters. The van der Waals surface area contributed by atoms with Crippen LogP contribution in [0.4, 0.5) is 15.8 Å². The Morgan fingerprint density at radius 3 is 2.16 bits per heavy atom. The molecule has 168 valence electrons. The molecule has 8 heteroatoms. The van der Waals surface area contributed by atoms with E-state index in [-0.39, 0.29) is 10.6 Å². The van der Waals surface area contributed by atoms with E-state index in [9.17, 15) is 17.6 Å². The standard InChI is InChI=1S/C24H26FN3O3S/c1-19-8-14-23(15-9-19)32(30,31)28(22-12-10-20(25)11-13-22)18-24(29)26-16-17-27(2)21-6-4-3-5-7-21/h3-15H,16-18H2,1-2H3,(H,26,29). The highest BCUT2D eigenvalue weighted by Gasteiger charge is 2.27. The lowest BCUT2D eigenvalue weighted by Gasteiger charge is -2.25. The number of benzene rings is 3. The Labute approximate surface area is 188 Å². The second-order valence-electron chi connectivity index (χ2n) is 7.41. The minimum atomic E-state index is -4.02. The van der Waals surface area contributed by atoms with Crippen molar-refractivity contribution < 1.29 is 17.6 Å². The molecule has 32 heavy (non-hydrogen) atoms. The van der Waals surface area contributed by atoms with E-state index in [2.05, 4.69) is 5.32 Å². The molecule has 6 nitrogen and oxygen atoms in total. The molecule has 0 aliphatic heterocycles. The number of nitrogens with one attached hydrogen (secondary N) is 1. The predicted octanol–water partition coefficient (Wildman–Crippen LogP) is 3.58. The van der Waals surface area contributed by atoms with E-state index < -0.39 is 28.3 Å². The number of hydrogen-bond acceptors (Lipinski definition) is 4. The van der Waals surface area contributed by atoms with Gasteiger partial charge in [0.15, 0.2) is 0 Å². The molecule has 3 rings (SSSR count). The number of likely N-dealkylation sites (N-methyl/N-ethyl adjacent to an activating group) is 1. The zero-order valence-electron chi connectivity index (χ0n) is 18.0. The van der Waals surface area contributed by atoms with Gasteiger partial charge in [0.05, 0.1) is 10.6 Å². The molecule has 3 aromatic rings. The molecule has 0 aromatic heterocycles. The Morgan fingerprint density at radius 1 is 0.906 bits per heavy atom. The summed E-state index contributed by atoms with van der Waals surface area (Å²) in [5.74, 6) is -0.943. The molecule has 0 heterocycles. The fourth-order valence-corrected chi connectivity index (χ4v) is 4.54. The number of anilines is 2. The second kappa shape index (κ2) is 10.3. The third-order valence-corrected chi connectivity index (χ3v) is 6.77. The normalized spacial score (nSPS) is 11.1. The van der Waals surface area contributed by atoms with E-state index in [0.29, 0.717) is 13.1 Å². The zero-order chi connectivity index (χ0) is 23.1. The number of sulfonamides is 1. The van der Waals surface area contributed by atoms with Gasteiger partial charge in [-0.15, -0.1) is 0 Å². The van der Waals surface area contributed by atoms with Crippen LogP contribution in [0.2, 0.25) is 0 Å². The van der Waals surface area contributed by atoms with Crippen LogP contribution in [-0.4, -0.2) is 41.0 Å². The summed E-state index contributed by atoms with van der Waals surface area (Å²) in [7, 11) is -2.11. The van der Waals surface area contributed by atoms with Crippen molar-refractivity contribution in [2.45, 2.75) is 11.8 Å². The summed E-state index contributed by atoms with van der Waals surface area (Å²) in [6, 6.07) is 21.1. The number of nitrogens with zero attached hydrogens (tertiary/aromatic N) is 2. The number of aryl methyl sites for hydroxylation is 1. The number of halogens is 1. The van der Waals surface area contributed by atoms with Crippen LogP contribution < -0.4 is 14.5 Å². The lowest BCUT2D eigenvalue weighted by molar-refractivity contribution is -0.119. The van der Waals surface area contributed by atoms with Gasteiger partial charge in [-0.3, -0.25) is 9.10 Å². The van der Waals surface area contributed by atoms with Gasteiger partial charge in [-0.25, -0.2) is 12.8 Å². The van der Waals surface area contributed by atoms with Gasteiger partial charge in [-0.1, -0.05) is 35.9 Å². The van der Waals surface area contributed by atoms with Gasteiger partial charge >= 0.3 is 0 Å². The first-order chi connectivity index (χ1) is 15.3. The highest BCUT2D eigenvalue weighted by Crippen LogP contribution is 2.24. The summed E-state index contributed by atoms with van der Waals surface area (Å²) in [5, 5.41) is 2.77. The SMILES string of the molecule is Cc1ccc(S(=O)(=O)N(CC(=O)NCCN(C)c2ccccc2)c2ccc(F)cc2)cc1. The van der Waals surface area contributed by atoms with Crippen molar-refractivity contribution in [2.24, 2.45) is 0 Å². The Kier molecular flexibility index (Phi) is 7.48. The van der Waals surface area contributed by atoms with E-state index >= 15 is 0 Å². The first kappa shape index (κ1) is 23.3. The number of hydrogen-bond donors (Lipinski definition) is 1. The number of amides is 1. The number of carbonyl (C=O) groups is 1. The van der Waals surface area contributed by atoms with Crippen LogP contribution in [0.5, 0.6) is 0 Å². The van der Waals surface area contributed by atoms with Crippen molar-refractivity contribution in [3.8, 4) is 0 Å². The summed E-state index contributed by atoms with van der Waals surface area (Å²) < 4.78 is 41.0. The maximum absolute atomic E-state index is 13.4. The van der Waals surface area contributed by atoms with Gasteiger partial charge in [-0.05, 0) is 55.5 Å². The van der Waals surface area contributed by atoms with E-state index in [1.165, 1.54) is 36.4 Å². The fourth-order valence-electron chi connectivity index (χ4n) is 3.12. The maximum atomic E-state index is 13.4. The quantitative estimate of drug-likeness (QED) is 0.536. The minimum Gasteiger partial charge on any atom is -0.373 e. The van der Waals surface area contributed by atoms with Gasteiger partial charge in [0, 0.05) is 25.8 Å². The third-order valence-electron chi connectivity index (χ3n) is 4.98. The number of para-hydroxylation sites is 1. The van der Waals surface area contributed by atoms with Gasteiger partial charge in [0.2, 0.25) is 5.91 Å². The first-order valence-electron chi connectivity index (χ1n) is 10.2. The molecule has 0 saturated carbocycles. The van der Waals surface area contributed by atoms with Crippen LogP contribution >= 0.6 is 0 Å². The highest BCUT2D eigenvalue weighted by atomic mass is 32.2. The molecule has 0 saturated heterocycles. The average Bonchev–Trinajstić information content (AvgIpc) is 2.79. The van der Waals surface area contributed by atoms with Crippen molar-refractivity contribution >= 4 is 27.3 Å². The molecule has 0 spiro atoms. The molecule has 1 amide bonds.